The number of aromatic nitrogens is 2. The minimum Gasteiger partial charge on any atom is -0.497 e. The van der Waals surface area contributed by atoms with E-state index in [4.69, 9.17) is 9.47 Å². The van der Waals surface area contributed by atoms with Crippen LogP contribution >= 0.6 is 0 Å². The van der Waals surface area contributed by atoms with E-state index in [1.807, 2.05) is 35.4 Å². The van der Waals surface area contributed by atoms with Crippen molar-refractivity contribution in [2.75, 3.05) is 20.3 Å². The van der Waals surface area contributed by atoms with Crippen LogP contribution < -0.4 is 4.74 Å². The molecule has 1 saturated carbocycles. The van der Waals surface area contributed by atoms with Crippen LogP contribution in [-0.2, 0) is 4.74 Å². The SMILES string of the molecule is COc1ccc(-n2ccc(C(=O)N3CCOC4CCCCC43)n2)cc1. The van der Waals surface area contributed by atoms with Crippen molar-refractivity contribution in [2.24, 2.45) is 0 Å². The van der Waals surface area contributed by atoms with Crippen molar-refractivity contribution >= 4 is 5.91 Å². The molecule has 0 spiro atoms. The maximum Gasteiger partial charge on any atom is 0.274 e. The summed E-state index contributed by atoms with van der Waals surface area (Å²) in [6.45, 7) is 1.27. The molecule has 1 aliphatic heterocycles. The number of rotatable bonds is 3. The van der Waals surface area contributed by atoms with Gasteiger partial charge in [0.15, 0.2) is 5.69 Å². The van der Waals surface area contributed by atoms with Crippen molar-refractivity contribution in [3.63, 3.8) is 0 Å². The van der Waals surface area contributed by atoms with Gasteiger partial charge in [0.05, 0.1) is 31.5 Å². The molecule has 2 fully saturated rings. The number of nitrogens with zero attached hydrogens (tertiary/aromatic N) is 3. The second-order valence-corrected chi connectivity index (χ2v) is 6.60. The molecule has 2 aliphatic rings. The zero-order chi connectivity index (χ0) is 17.2. The Balaban J connectivity index is 1.53. The second kappa shape index (κ2) is 6.88. The molecule has 0 radical (unpaired) electrons. The monoisotopic (exact) mass is 341 g/mol. The number of hydrogen-bond acceptors (Lipinski definition) is 4. The van der Waals surface area contributed by atoms with Crippen LogP contribution in [0.1, 0.15) is 36.2 Å². The van der Waals surface area contributed by atoms with Gasteiger partial charge in [-0.25, -0.2) is 4.68 Å². The highest BCUT2D eigenvalue weighted by atomic mass is 16.5. The average Bonchev–Trinajstić information content (AvgIpc) is 3.17. The molecule has 6 nitrogen and oxygen atoms in total. The first-order valence-corrected chi connectivity index (χ1v) is 8.89. The number of carbonyl (C=O) groups is 1. The van der Waals surface area contributed by atoms with Gasteiger partial charge in [0, 0.05) is 12.7 Å². The van der Waals surface area contributed by atoms with E-state index in [1.54, 1.807) is 17.9 Å². The largest absolute Gasteiger partial charge is 0.497 e. The summed E-state index contributed by atoms with van der Waals surface area (Å²) in [4.78, 5) is 14.9. The van der Waals surface area contributed by atoms with E-state index >= 15 is 0 Å². The molecule has 1 aliphatic carbocycles. The molecule has 132 valence electrons. The maximum absolute atomic E-state index is 13.0. The third-order valence-electron chi connectivity index (χ3n) is 5.14. The molecule has 1 amide bonds. The lowest BCUT2D eigenvalue weighted by molar-refractivity contribution is -0.0754. The number of morpholine rings is 1. The molecular weight excluding hydrogens is 318 g/mol. The number of amides is 1. The molecule has 1 aromatic carbocycles. The molecule has 25 heavy (non-hydrogen) atoms. The number of benzene rings is 1. The summed E-state index contributed by atoms with van der Waals surface area (Å²) in [6, 6.07) is 9.60. The lowest BCUT2D eigenvalue weighted by atomic mass is 9.90. The second-order valence-electron chi connectivity index (χ2n) is 6.60. The predicted octanol–water partition coefficient (Wildman–Crippen LogP) is 2.66. The standard InChI is InChI=1S/C19H23N3O3/c1-24-15-8-6-14(7-9-15)22-11-10-16(20-22)19(23)21-12-13-25-18-5-3-2-4-17(18)21/h6-11,17-18H,2-5,12-13H2,1H3. The fraction of sp³-hybridized carbons (Fsp3) is 0.474. The molecule has 4 rings (SSSR count). The van der Waals surface area contributed by atoms with E-state index in [0.717, 1.165) is 30.7 Å². The van der Waals surface area contributed by atoms with Crippen LogP contribution in [0.5, 0.6) is 5.75 Å². The fourth-order valence-corrected chi connectivity index (χ4v) is 3.81. The van der Waals surface area contributed by atoms with Crippen molar-refractivity contribution in [2.45, 2.75) is 37.8 Å². The van der Waals surface area contributed by atoms with Crippen molar-refractivity contribution in [3.05, 3.63) is 42.2 Å². The van der Waals surface area contributed by atoms with Crippen LogP contribution in [-0.4, -0.2) is 53.0 Å². The summed E-state index contributed by atoms with van der Waals surface area (Å²) in [5.74, 6) is 0.802. The highest BCUT2D eigenvalue weighted by Crippen LogP contribution is 2.29. The van der Waals surface area contributed by atoms with Gasteiger partial charge in [-0.2, -0.15) is 5.10 Å². The fourth-order valence-electron chi connectivity index (χ4n) is 3.81. The van der Waals surface area contributed by atoms with Crippen LogP contribution in [0.15, 0.2) is 36.5 Å². The lowest BCUT2D eigenvalue weighted by Gasteiger charge is -2.43. The summed E-state index contributed by atoms with van der Waals surface area (Å²) in [7, 11) is 1.64. The summed E-state index contributed by atoms with van der Waals surface area (Å²) < 4.78 is 12.8. The molecule has 6 heteroatoms. The van der Waals surface area contributed by atoms with Gasteiger partial charge in [0.1, 0.15) is 5.75 Å². The van der Waals surface area contributed by atoms with E-state index in [0.29, 0.717) is 18.8 Å². The topological polar surface area (TPSA) is 56.6 Å². The van der Waals surface area contributed by atoms with E-state index in [1.165, 1.54) is 6.42 Å². The molecule has 2 unspecified atom stereocenters. The highest BCUT2D eigenvalue weighted by Gasteiger charge is 2.37. The van der Waals surface area contributed by atoms with Crippen LogP contribution in [0.25, 0.3) is 5.69 Å². The molecule has 2 aromatic rings. The van der Waals surface area contributed by atoms with Gasteiger partial charge in [-0.05, 0) is 43.2 Å². The summed E-state index contributed by atoms with van der Waals surface area (Å²) in [5.41, 5.74) is 1.39. The highest BCUT2D eigenvalue weighted by molar-refractivity contribution is 5.92. The summed E-state index contributed by atoms with van der Waals surface area (Å²) in [6.07, 6.45) is 6.44. The van der Waals surface area contributed by atoms with Crippen LogP contribution in [0.2, 0.25) is 0 Å². The first-order valence-electron chi connectivity index (χ1n) is 8.89. The number of carbonyl (C=O) groups excluding carboxylic acids is 1. The minimum absolute atomic E-state index is 0.00691. The van der Waals surface area contributed by atoms with Gasteiger partial charge in [-0.3, -0.25) is 4.79 Å². The van der Waals surface area contributed by atoms with Crippen LogP contribution in [0.4, 0.5) is 0 Å². The Labute approximate surface area is 147 Å². The van der Waals surface area contributed by atoms with Crippen LogP contribution in [0, 0.1) is 0 Å². The molecule has 0 bridgehead atoms. The first-order chi connectivity index (χ1) is 12.3. The molecule has 1 aromatic heterocycles. The Hall–Kier alpha value is -2.34. The van der Waals surface area contributed by atoms with Gasteiger partial charge in [0.25, 0.3) is 5.91 Å². The number of fused-ring (bicyclic) bond motifs is 1. The van der Waals surface area contributed by atoms with Gasteiger partial charge in [0.2, 0.25) is 0 Å². The van der Waals surface area contributed by atoms with Gasteiger partial charge >= 0.3 is 0 Å². The average molecular weight is 341 g/mol. The van der Waals surface area contributed by atoms with E-state index in [9.17, 15) is 4.79 Å². The predicted molar refractivity (Wildman–Crippen MR) is 93.1 cm³/mol. The number of ether oxygens (including phenoxy) is 2. The number of hydrogen-bond donors (Lipinski definition) is 0. The zero-order valence-electron chi connectivity index (χ0n) is 14.4. The molecule has 0 N–H and O–H groups in total. The Morgan fingerprint density at radius 1 is 1.20 bits per heavy atom. The summed E-state index contributed by atoms with van der Waals surface area (Å²) >= 11 is 0. The van der Waals surface area contributed by atoms with E-state index in [2.05, 4.69) is 5.10 Å². The van der Waals surface area contributed by atoms with E-state index < -0.39 is 0 Å². The quantitative estimate of drug-likeness (QED) is 0.861. The molecule has 2 atom stereocenters. The Morgan fingerprint density at radius 3 is 2.80 bits per heavy atom. The van der Waals surface area contributed by atoms with Crippen molar-refractivity contribution in [1.82, 2.24) is 14.7 Å². The van der Waals surface area contributed by atoms with Gasteiger partial charge in [-0.15, -0.1) is 0 Å². The Kier molecular flexibility index (Phi) is 4.44. The lowest BCUT2D eigenvalue weighted by Crippen LogP contribution is -2.54. The van der Waals surface area contributed by atoms with Crippen molar-refractivity contribution < 1.29 is 14.3 Å². The third kappa shape index (κ3) is 3.14. The van der Waals surface area contributed by atoms with Crippen molar-refractivity contribution in [1.29, 1.82) is 0 Å². The summed E-state index contributed by atoms with van der Waals surface area (Å²) in [5, 5.41) is 4.49. The smallest absolute Gasteiger partial charge is 0.274 e. The Bertz CT molecular complexity index is 739. The zero-order valence-corrected chi connectivity index (χ0v) is 14.4. The molecule has 1 saturated heterocycles. The van der Waals surface area contributed by atoms with Gasteiger partial charge < -0.3 is 14.4 Å². The number of methoxy groups -OCH3 is 1. The maximum atomic E-state index is 13.0. The first kappa shape index (κ1) is 16.1. The molecular formula is C19H23N3O3. The normalized spacial score (nSPS) is 23.2. The van der Waals surface area contributed by atoms with Crippen LogP contribution in [0.3, 0.4) is 0 Å². The minimum atomic E-state index is 0.00691. The van der Waals surface area contributed by atoms with Gasteiger partial charge in [-0.1, -0.05) is 12.8 Å². The molecule has 2 heterocycles. The Morgan fingerprint density at radius 2 is 2.00 bits per heavy atom. The van der Waals surface area contributed by atoms with E-state index in [-0.39, 0.29) is 18.1 Å². The van der Waals surface area contributed by atoms with Crippen molar-refractivity contribution in [3.8, 4) is 11.4 Å². The third-order valence-corrected chi connectivity index (χ3v) is 5.14.